The van der Waals surface area contributed by atoms with Crippen LogP contribution in [0, 0.1) is 6.92 Å². The molecule has 8 heteroatoms. The van der Waals surface area contributed by atoms with Crippen LogP contribution >= 0.6 is 0 Å². The van der Waals surface area contributed by atoms with Gasteiger partial charge in [-0.1, -0.05) is 18.2 Å². The third-order valence-corrected chi connectivity index (χ3v) is 6.77. The summed E-state index contributed by atoms with van der Waals surface area (Å²) in [5, 5.41) is 4.45. The van der Waals surface area contributed by atoms with E-state index < -0.39 is 0 Å². The van der Waals surface area contributed by atoms with E-state index in [1.807, 2.05) is 43.6 Å². The minimum Gasteiger partial charge on any atom is -0.494 e. The lowest BCUT2D eigenvalue weighted by atomic mass is 10.1. The number of nitrogens with one attached hydrogen (secondary N) is 2. The number of likely N-dealkylation sites (tertiary alicyclic amines) is 1. The van der Waals surface area contributed by atoms with Gasteiger partial charge in [-0.15, -0.1) is 0 Å². The Morgan fingerprint density at radius 3 is 2.80 bits per heavy atom. The molecule has 2 aromatic carbocycles. The average molecular weight is 472 g/mol. The van der Waals surface area contributed by atoms with Crippen LogP contribution in [0.3, 0.4) is 0 Å². The number of para-hydroxylation sites is 1. The first-order chi connectivity index (χ1) is 17.0. The molecule has 0 radical (unpaired) electrons. The van der Waals surface area contributed by atoms with E-state index in [4.69, 9.17) is 15.5 Å². The second kappa shape index (κ2) is 9.84. The van der Waals surface area contributed by atoms with Gasteiger partial charge in [0, 0.05) is 55.1 Å². The monoisotopic (exact) mass is 471 g/mol. The zero-order chi connectivity index (χ0) is 24.4. The lowest BCUT2D eigenvalue weighted by Gasteiger charge is -2.25. The highest BCUT2D eigenvalue weighted by Gasteiger charge is 2.17. The molecule has 0 saturated carbocycles. The summed E-state index contributed by atoms with van der Waals surface area (Å²) in [4.78, 5) is 17.4. The molecular weight excluding hydrogens is 438 g/mol. The predicted octanol–water partition coefficient (Wildman–Crippen LogP) is 4.80. The van der Waals surface area contributed by atoms with Gasteiger partial charge in [0.15, 0.2) is 0 Å². The van der Waals surface area contributed by atoms with E-state index in [-0.39, 0.29) is 0 Å². The fourth-order valence-electron chi connectivity index (χ4n) is 4.76. The summed E-state index contributed by atoms with van der Waals surface area (Å²) in [5.41, 5.74) is 12.9. The van der Waals surface area contributed by atoms with Gasteiger partial charge in [-0.25, -0.2) is 9.97 Å². The molecule has 4 aromatic rings. The standard InChI is InChI=1S/C27H33N7O/c1-18-16-30-27(32-26(18)20-17-29-22-9-5-4-8-19(20)22)31-23-14-21(28)24(15-25(23)35-3)33(2)12-13-34-10-6-7-11-34/h4-5,8-9,14-17,29H,6-7,10-13,28H2,1-3H3,(H,30,31,32). The van der Waals surface area contributed by atoms with Crippen LogP contribution in [0.2, 0.25) is 0 Å². The number of aromatic amines is 1. The number of fused-ring (bicyclic) bond motifs is 1. The fourth-order valence-corrected chi connectivity index (χ4v) is 4.76. The number of H-pyrrole nitrogens is 1. The second-order valence-corrected chi connectivity index (χ2v) is 9.18. The van der Waals surface area contributed by atoms with Crippen LogP contribution in [0.4, 0.5) is 23.0 Å². The van der Waals surface area contributed by atoms with Crippen LogP contribution in [0.15, 0.2) is 48.8 Å². The molecule has 1 fully saturated rings. The van der Waals surface area contributed by atoms with Gasteiger partial charge in [-0.05, 0) is 50.6 Å². The van der Waals surface area contributed by atoms with Crippen LogP contribution < -0.4 is 20.7 Å². The molecule has 4 N–H and O–H groups in total. The first kappa shape index (κ1) is 23.0. The Kier molecular flexibility index (Phi) is 6.46. The Morgan fingerprint density at radius 1 is 1.20 bits per heavy atom. The second-order valence-electron chi connectivity index (χ2n) is 9.18. The molecule has 0 spiro atoms. The molecule has 1 saturated heterocycles. The molecule has 0 aliphatic carbocycles. The summed E-state index contributed by atoms with van der Waals surface area (Å²) in [5.74, 6) is 1.18. The van der Waals surface area contributed by atoms with Crippen molar-refractivity contribution in [2.75, 3.05) is 56.3 Å². The van der Waals surface area contributed by atoms with Gasteiger partial charge in [0.25, 0.3) is 0 Å². The third-order valence-electron chi connectivity index (χ3n) is 6.77. The van der Waals surface area contributed by atoms with Crippen molar-refractivity contribution in [1.82, 2.24) is 19.9 Å². The van der Waals surface area contributed by atoms with Gasteiger partial charge in [-0.2, -0.15) is 0 Å². The van der Waals surface area contributed by atoms with Crippen molar-refractivity contribution in [3.05, 3.63) is 54.4 Å². The van der Waals surface area contributed by atoms with E-state index in [0.717, 1.165) is 52.2 Å². The van der Waals surface area contributed by atoms with Crippen molar-refractivity contribution >= 4 is 33.9 Å². The Hall–Kier alpha value is -3.78. The highest BCUT2D eigenvalue weighted by molar-refractivity contribution is 5.95. The smallest absolute Gasteiger partial charge is 0.227 e. The van der Waals surface area contributed by atoms with E-state index in [1.54, 1.807) is 7.11 Å². The molecule has 35 heavy (non-hydrogen) atoms. The zero-order valence-electron chi connectivity index (χ0n) is 20.6. The van der Waals surface area contributed by atoms with Crippen LogP contribution in [0.5, 0.6) is 5.75 Å². The van der Waals surface area contributed by atoms with Crippen molar-refractivity contribution in [2.45, 2.75) is 19.8 Å². The Balaban J connectivity index is 1.40. The lowest BCUT2D eigenvalue weighted by Crippen LogP contribution is -2.31. The summed E-state index contributed by atoms with van der Waals surface area (Å²) < 4.78 is 5.71. The van der Waals surface area contributed by atoms with Crippen LogP contribution in [-0.2, 0) is 0 Å². The number of nitrogen functional groups attached to an aromatic ring is 1. The highest BCUT2D eigenvalue weighted by atomic mass is 16.5. The van der Waals surface area contributed by atoms with Gasteiger partial charge in [-0.3, -0.25) is 0 Å². The number of anilines is 4. The van der Waals surface area contributed by atoms with Gasteiger partial charge < -0.3 is 30.6 Å². The van der Waals surface area contributed by atoms with Crippen molar-refractivity contribution in [2.24, 2.45) is 0 Å². The maximum absolute atomic E-state index is 6.48. The summed E-state index contributed by atoms with van der Waals surface area (Å²) in [7, 11) is 3.74. The molecule has 0 amide bonds. The number of hydrogen-bond acceptors (Lipinski definition) is 7. The van der Waals surface area contributed by atoms with E-state index in [0.29, 0.717) is 17.4 Å². The Bertz CT molecular complexity index is 1330. The maximum atomic E-state index is 6.48. The predicted molar refractivity (Wildman–Crippen MR) is 144 cm³/mol. The maximum Gasteiger partial charge on any atom is 0.227 e. The quantitative estimate of drug-likeness (QED) is 0.318. The topological polar surface area (TPSA) is 95.3 Å². The Labute approximate surface area is 206 Å². The summed E-state index contributed by atoms with van der Waals surface area (Å²) in [6.07, 6.45) is 6.42. The highest BCUT2D eigenvalue weighted by Crippen LogP contribution is 2.37. The number of nitrogens with zero attached hydrogens (tertiary/aromatic N) is 4. The van der Waals surface area contributed by atoms with Gasteiger partial charge in [0.1, 0.15) is 5.75 Å². The van der Waals surface area contributed by atoms with Crippen LogP contribution in [0.25, 0.3) is 22.2 Å². The normalized spacial score (nSPS) is 13.9. The average Bonchev–Trinajstić information content (AvgIpc) is 3.54. The van der Waals surface area contributed by atoms with E-state index in [9.17, 15) is 0 Å². The fraction of sp³-hybridized carbons (Fsp3) is 0.333. The minimum absolute atomic E-state index is 0.490. The largest absolute Gasteiger partial charge is 0.494 e. The van der Waals surface area contributed by atoms with E-state index in [1.165, 1.54) is 25.9 Å². The molecular formula is C27H33N7O. The molecule has 3 heterocycles. The van der Waals surface area contributed by atoms with Crippen molar-refractivity contribution in [3.63, 3.8) is 0 Å². The van der Waals surface area contributed by atoms with Gasteiger partial charge in [0.2, 0.25) is 5.95 Å². The molecule has 0 bridgehead atoms. The van der Waals surface area contributed by atoms with Gasteiger partial charge in [0.05, 0.1) is 29.9 Å². The number of ether oxygens (including phenoxy) is 1. The number of likely N-dealkylation sites (N-methyl/N-ethyl adjacent to an activating group) is 1. The number of nitrogens with two attached hydrogens (primary N) is 1. The van der Waals surface area contributed by atoms with E-state index in [2.05, 4.69) is 44.3 Å². The van der Waals surface area contributed by atoms with Crippen LogP contribution in [-0.4, -0.2) is 60.2 Å². The summed E-state index contributed by atoms with van der Waals surface area (Å²) in [6, 6.07) is 12.1. The SMILES string of the molecule is COc1cc(N(C)CCN2CCCC2)c(N)cc1Nc1ncc(C)c(-c2c[nH]c3ccccc23)n1. The molecule has 1 aliphatic rings. The molecule has 0 unspecified atom stereocenters. The van der Waals surface area contributed by atoms with Crippen molar-refractivity contribution in [3.8, 4) is 17.0 Å². The number of aromatic nitrogens is 3. The lowest BCUT2D eigenvalue weighted by molar-refractivity contribution is 0.346. The number of benzene rings is 2. The first-order valence-electron chi connectivity index (χ1n) is 12.1. The molecule has 182 valence electrons. The third kappa shape index (κ3) is 4.74. The Morgan fingerprint density at radius 2 is 2.00 bits per heavy atom. The molecule has 8 nitrogen and oxygen atoms in total. The zero-order valence-corrected chi connectivity index (χ0v) is 20.6. The number of rotatable bonds is 8. The van der Waals surface area contributed by atoms with Crippen LogP contribution in [0.1, 0.15) is 18.4 Å². The van der Waals surface area contributed by atoms with Crippen molar-refractivity contribution < 1.29 is 4.74 Å². The van der Waals surface area contributed by atoms with Crippen molar-refractivity contribution in [1.29, 1.82) is 0 Å². The molecule has 2 aromatic heterocycles. The van der Waals surface area contributed by atoms with Gasteiger partial charge >= 0.3 is 0 Å². The summed E-state index contributed by atoms with van der Waals surface area (Å²) >= 11 is 0. The number of hydrogen-bond donors (Lipinski definition) is 3. The first-order valence-corrected chi connectivity index (χ1v) is 12.1. The molecule has 1 aliphatic heterocycles. The number of methoxy groups -OCH3 is 1. The van der Waals surface area contributed by atoms with E-state index >= 15 is 0 Å². The summed E-state index contributed by atoms with van der Waals surface area (Å²) in [6.45, 7) is 6.34. The molecule has 0 atom stereocenters. The minimum atomic E-state index is 0.490. The molecule has 5 rings (SSSR count). The number of aryl methyl sites for hydroxylation is 1.